The van der Waals surface area contributed by atoms with E-state index in [0.29, 0.717) is 39.6 Å². The third kappa shape index (κ3) is 23.5. The molecular weight excluding hydrogens is 432 g/mol. The number of hydrogen-bond acceptors (Lipinski definition) is 4. The minimum atomic E-state index is 0. The second-order valence-corrected chi connectivity index (χ2v) is 4.45. The molecule has 0 spiro atoms. The number of halogens is 4. The summed E-state index contributed by atoms with van der Waals surface area (Å²) in [5.41, 5.74) is 0. The minimum Gasteiger partial charge on any atom is -1.00 e. The Morgan fingerprint density at radius 2 is 0.913 bits per heavy atom. The zero-order chi connectivity index (χ0) is 12.9. The minimum absolute atomic E-state index is 0. The number of quaternary nitrogens is 1. The van der Waals surface area contributed by atoms with Crippen molar-refractivity contribution in [3.05, 3.63) is 0 Å². The number of nitrogens with one attached hydrogen (secondary N) is 1. The molecule has 1 heterocycles. The predicted molar refractivity (Wildman–Crippen MR) is 69.1 cm³/mol. The van der Waals surface area contributed by atoms with Gasteiger partial charge in [0.05, 0.1) is 59.4 Å². The van der Waals surface area contributed by atoms with Gasteiger partial charge in [-0.1, -0.05) is 6.92 Å². The van der Waals surface area contributed by atoms with E-state index in [2.05, 4.69) is 6.92 Å². The number of hydrogen-bond donors (Lipinski definition) is 1. The molecule has 0 saturated carbocycles. The van der Waals surface area contributed by atoms with Gasteiger partial charge in [0, 0.05) is 0 Å². The monoisotopic (exact) mass is 458 g/mol. The number of ether oxygens (including phenoxy) is 4. The van der Waals surface area contributed by atoms with Crippen molar-refractivity contribution in [2.45, 2.75) is 13.3 Å². The van der Waals surface area contributed by atoms with Crippen LogP contribution in [0.3, 0.4) is 0 Å². The smallest absolute Gasteiger partial charge is 1.00 e. The van der Waals surface area contributed by atoms with Crippen LogP contribution in [0.15, 0.2) is 0 Å². The fraction of sp³-hybridized carbons (Fsp3) is 1.00. The summed E-state index contributed by atoms with van der Waals surface area (Å²) in [5, 5.41) is 0. The third-order valence-electron chi connectivity index (χ3n) is 2.92. The quantitative estimate of drug-likeness (QED) is 0.416. The van der Waals surface area contributed by atoms with Gasteiger partial charge in [-0.15, -0.1) is 0 Å². The molecule has 0 aliphatic carbocycles. The van der Waals surface area contributed by atoms with Crippen molar-refractivity contribution < 1.29 is 90.5 Å². The molecule has 0 amide bonds. The van der Waals surface area contributed by atoms with Gasteiger partial charge in [-0.05, 0) is 6.42 Å². The van der Waals surface area contributed by atoms with Crippen LogP contribution < -0.4 is 54.5 Å². The summed E-state index contributed by atoms with van der Waals surface area (Å²) in [7, 11) is 0. The van der Waals surface area contributed by atoms with Crippen LogP contribution in [-0.2, 0) is 36.0 Å². The van der Waals surface area contributed by atoms with Crippen molar-refractivity contribution in [1.82, 2.24) is 0 Å². The van der Waals surface area contributed by atoms with E-state index >= 15 is 0 Å². The van der Waals surface area contributed by atoms with Crippen molar-refractivity contribution in [1.29, 1.82) is 0 Å². The van der Waals surface area contributed by atoms with Crippen LogP contribution in [0.2, 0.25) is 0 Å². The Morgan fingerprint density at radius 3 is 1.22 bits per heavy atom. The Morgan fingerprint density at radius 1 is 0.609 bits per heavy atom. The maximum atomic E-state index is 5.56. The van der Waals surface area contributed by atoms with Gasteiger partial charge in [-0.3, -0.25) is 0 Å². The van der Waals surface area contributed by atoms with Crippen LogP contribution in [0, 0.1) is 0 Å². The third-order valence-corrected chi connectivity index (χ3v) is 2.92. The van der Waals surface area contributed by atoms with E-state index < -0.39 is 0 Å². The molecule has 1 saturated heterocycles. The Kier molecular flexibility index (Phi) is 43.7. The Labute approximate surface area is 176 Å². The van der Waals surface area contributed by atoms with Crippen molar-refractivity contribution in [3.8, 4) is 0 Å². The maximum absolute atomic E-state index is 5.56. The molecule has 1 fully saturated rings. The zero-order valence-electron chi connectivity index (χ0n) is 13.5. The van der Waals surface area contributed by atoms with E-state index in [0.717, 1.165) is 26.3 Å². The van der Waals surface area contributed by atoms with Gasteiger partial charge in [0.15, 0.2) is 0 Å². The van der Waals surface area contributed by atoms with Crippen LogP contribution in [0.1, 0.15) is 13.3 Å². The van der Waals surface area contributed by atoms with Gasteiger partial charge in [-0.2, -0.15) is 0 Å². The van der Waals surface area contributed by atoms with Crippen LogP contribution in [0.4, 0.5) is 0 Å². The molecule has 1 N–H and O–H groups in total. The summed E-state index contributed by atoms with van der Waals surface area (Å²) in [5.74, 6) is 0. The molecule has 1 radical (unpaired) electrons. The Hall–Kier alpha value is 1.48. The van der Waals surface area contributed by atoms with Crippen molar-refractivity contribution >= 4 is 0 Å². The summed E-state index contributed by atoms with van der Waals surface area (Å²) < 4.78 is 21.9. The second-order valence-electron chi connectivity index (χ2n) is 4.45. The van der Waals surface area contributed by atoms with Gasteiger partial charge in [-0.25, -0.2) is 0 Å². The number of rotatable bonds is 2. The second kappa shape index (κ2) is 28.3. The largest absolute Gasteiger partial charge is 3.00 e. The van der Waals surface area contributed by atoms with E-state index in [9.17, 15) is 0 Å². The normalized spacial score (nSPS) is 18.1. The molecule has 145 valence electrons. The topological polar surface area (TPSA) is 41.4 Å². The molecule has 1 aliphatic heterocycles. The summed E-state index contributed by atoms with van der Waals surface area (Å²) >= 11 is 0. The molecule has 0 aromatic carbocycles. The van der Waals surface area contributed by atoms with E-state index in [1.165, 1.54) is 13.0 Å². The molecule has 0 aromatic rings. The first-order valence-corrected chi connectivity index (χ1v) is 7.08. The average molecular weight is 460 g/mol. The van der Waals surface area contributed by atoms with E-state index in [1.807, 2.05) is 0 Å². The first-order valence-electron chi connectivity index (χ1n) is 7.08. The van der Waals surface area contributed by atoms with Gasteiger partial charge < -0.3 is 73.5 Å². The predicted octanol–water partition coefficient (Wildman–Crippen LogP) is -12.6. The van der Waals surface area contributed by atoms with E-state index in [1.54, 1.807) is 4.90 Å². The standard InChI is InChI=1S/C13H27NO4.4ClH.Fe/c1-2-3-14-4-6-15-8-10-17-12-13-18-11-9-16-7-5-14;;;;;/h2-13H2,1H3;4*1H;/q;;;;;+3/p-3. The van der Waals surface area contributed by atoms with Crippen LogP contribution >= 0.6 is 0 Å². The summed E-state index contributed by atoms with van der Waals surface area (Å²) in [6.45, 7) is 11.0. The Bertz CT molecular complexity index is 185. The molecule has 5 nitrogen and oxygen atoms in total. The van der Waals surface area contributed by atoms with Crippen LogP contribution in [0.25, 0.3) is 0 Å². The Balaban J connectivity index is -0.000000216. The first kappa shape index (κ1) is 35.6. The molecule has 23 heavy (non-hydrogen) atoms. The summed E-state index contributed by atoms with van der Waals surface area (Å²) in [6, 6.07) is 0. The molecule has 0 atom stereocenters. The molecule has 1 rings (SSSR count). The first-order chi connectivity index (χ1) is 8.93. The summed E-state index contributed by atoms with van der Waals surface area (Å²) in [6.07, 6.45) is 1.20. The van der Waals surface area contributed by atoms with Crippen molar-refractivity contribution in [3.63, 3.8) is 0 Å². The van der Waals surface area contributed by atoms with Crippen molar-refractivity contribution in [2.75, 3.05) is 72.5 Å². The molecule has 0 unspecified atom stereocenters. The average Bonchev–Trinajstić information content (AvgIpc) is 2.39. The fourth-order valence-corrected chi connectivity index (χ4v) is 1.92. The van der Waals surface area contributed by atoms with Gasteiger partial charge in [0.25, 0.3) is 0 Å². The van der Waals surface area contributed by atoms with E-state index in [-0.39, 0.29) is 66.7 Å². The molecule has 10 heteroatoms. The van der Waals surface area contributed by atoms with Gasteiger partial charge in [0.2, 0.25) is 0 Å². The van der Waals surface area contributed by atoms with Gasteiger partial charge in [0.1, 0.15) is 13.1 Å². The van der Waals surface area contributed by atoms with Crippen LogP contribution in [-0.4, -0.2) is 72.5 Å². The molecule has 1 aliphatic rings. The van der Waals surface area contributed by atoms with Gasteiger partial charge >= 0.3 is 17.1 Å². The maximum Gasteiger partial charge on any atom is 3.00 e. The van der Waals surface area contributed by atoms with E-state index in [4.69, 9.17) is 18.9 Å². The fourth-order valence-electron chi connectivity index (χ4n) is 1.92. The molecule has 0 aromatic heterocycles. The molecule has 0 bridgehead atoms. The summed E-state index contributed by atoms with van der Waals surface area (Å²) in [4.78, 5) is 1.55. The van der Waals surface area contributed by atoms with Crippen molar-refractivity contribution in [2.24, 2.45) is 0 Å². The zero-order valence-corrected chi connectivity index (χ0v) is 17.6. The molecular formula is C13H28Cl4FeNO4. The van der Waals surface area contributed by atoms with Crippen LogP contribution in [0.5, 0.6) is 0 Å². The SMILES string of the molecule is CCC[NH+]1CCOCCOCCOCCOCC1.[Cl-].[Cl-].[Cl-].[Cl-].[Fe+3].